The van der Waals surface area contributed by atoms with Crippen LogP contribution in [0.5, 0.6) is 0 Å². The molecule has 2 amide bonds. The number of nitrogens with zero attached hydrogens (tertiary/aromatic N) is 4. The number of halogens is 2. The van der Waals surface area contributed by atoms with E-state index < -0.39 is 5.82 Å². The molecule has 0 bridgehead atoms. The summed E-state index contributed by atoms with van der Waals surface area (Å²) in [6, 6.07) is 12.3. The molecule has 2 aliphatic rings. The Morgan fingerprint density at radius 2 is 1.97 bits per heavy atom. The molecular formula is C26H27ClFN5O2. The van der Waals surface area contributed by atoms with Crippen LogP contribution in [-0.2, 0) is 24.1 Å². The number of ether oxygens (including phenoxy) is 1. The first-order valence-electron chi connectivity index (χ1n) is 11.7. The fourth-order valence-corrected chi connectivity index (χ4v) is 4.70. The maximum absolute atomic E-state index is 13.5. The number of rotatable bonds is 4. The van der Waals surface area contributed by atoms with Crippen molar-refractivity contribution in [2.24, 2.45) is 0 Å². The Balaban J connectivity index is 1.41. The number of carbonyl (C=O) groups is 1. The highest BCUT2D eigenvalue weighted by Crippen LogP contribution is 2.29. The zero-order valence-electron chi connectivity index (χ0n) is 19.6. The maximum Gasteiger partial charge on any atom is 0.322 e. The molecule has 0 aliphatic carbocycles. The van der Waals surface area contributed by atoms with Gasteiger partial charge in [-0.25, -0.2) is 19.2 Å². The van der Waals surface area contributed by atoms with Crippen molar-refractivity contribution in [2.45, 2.75) is 26.3 Å². The number of aromatic nitrogens is 2. The molecule has 182 valence electrons. The molecule has 2 aromatic carbocycles. The van der Waals surface area contributed by atoms with Crippen molar-refractivity contribution in [3.63, 3.8) is 0 Å². The van der Waals surface area contributed by atoms with Gasteiger partial charge in [-0.3, -0.25) is 0 Å². The summed E-state index contributed by atoms with van der Waals surface area (Å²) >= 11 is 5.87. The van der Waals surface area contributed by atoms with Crippen LogP contribution in [0.1, 0.15) is 28.2 Å². The van der Waals surface area contributed by atoms with Gasteiger partial charge in [0.2, 0.25) is 0 Å². The Kier molecular flexibility index (Phi) is 6.83. The van der Waals surface area contributed by atoms with Gasteiger partial charge in [-0.05, 0) is 30.7 Å². The standard InChI is InChI=1S/C26H27ClFN5O2/c1-17-3-2-4-18(13-17)14-24-30-23-7-8-33(26(34)29-19-5-6-22(28)21(27)15-19)16-20(23)25(31-24)32-9-11-35-12-10-32/h2-6,13,15H,7-12,14,16H2,1H3,(H,29,34). The predicted molar refractivity (Wildman–Crippen MR) is 134 cm³/mol. The van der Waals surface area contributed by atoms with Crippen LogP contribution in [0.25, 0.3) is 0 Å². The number of amides is 2. The fourth-order valence-electron chi connectivity index (χ4n) is 4.52. The molecule has 35 heavy (non-hydrogen) atoms. The van der Waals surface area contributed by atoms with Gasteiger partial charge in [0.05, 0.1) is 30.5 Å². The number of hydrogen-bond acceptors (Lipinski definition) is 5. The van der Waals surface area contributed by atoms with Crippen LogP contribution in [-0.4, -0.2) is 53.7 Å². The quantitative estimate of drug-likeness (QED) is 0.573. The highest BCUT2D eigenvalue weighted by Gasteiger charge is 2.28. The number of fused-ring (bicyclic) bond motifs is 1. The number of carbonyl (C=O) groups excluding carboxylic acids is 1. The highest BCUT2D eigenvalue weighted by atomic mass is 35.5. The predicted octanol–water partition coefficient (Wildman–Crippen LogP) is 4.60. The number of anilines is 2. The number of benzene rings is 2. The van der Waals surface area contributed by atoms with E-state index in [-0.39, 0.29) is 11.1 Å². The van der Waals surface area contributed by atoms with Crippen molar-refractivity contribution >= 4 is 29.1 Å². The second-order valence-electron chi connectivity index (χ2n) is 8.88. The molecular weight excluding hydrogens is 469 g/mol. The van der Waals surface area contributed by atoms with E-state index >= 15 is 0 Å². The first-order valence-corrected chi connectivity index (χ1v) is 12.1. The van der Waals surface area contributed by atoms with Gasteiger partial charge >= 0.3 is 6.03 Å². The number of morpholine rings is 1. The molecule has 1 fully saturated rings. The monoisotopic (exact) mass is 495 g/mol. The van der Waals surface area contributed by atoms with Crippen LogP contribution in [0.4, 0.5) is 20.7 Å². The van der Waals surface area contributed by atoms with E-state index in [1.165, 1.54) is 29.3 Å². The number of urea groups is 1. The molecule has 3 aromatic rings. The molecule has 5 rings (SSSR count). The molecule has 7 nitrogen and oxygen atoms in total. The first kappa shape index (κ1) is 23.5. The van der Waals surface area contributed by atoms with Crippen LogP contribution < -0.4 is 10.2 Å². The minimum Gasteiger partial charge on any atom is -0.378 e. The minimum atomic E-state index is -0.523. The first-order chi connectivity index (χ1) is 17.0. The van der Waals surface area contributed by atoms with E-state index in [0.717, 1.165) is 36.0 Å². The summed E-state index contributed by atoms with van der Waals surface area (Å²) in [6.45, 7) is 5.77. The number of hydrogen-bond donors (Lipinski definition) is 1. The second-order valence-corrected chi connectivity index (χ2v) is 9.29. The Morgan fingerprint density at radius 1 is 1.14 bits per heavy atom. The molecule has 2 aliphatic heterocycles. The molecule has 0 saturated carbocycles. The van der Waals surface area contributed by atoms with Crippen LogP contribution in [0.2, 0.25) is 5.02 Å². The Labute approximate surface area is 208 Å². The minimum absolute atomic E-state index is 0.0315. The molecule has 0 radical (unpaired) electrons. The van der Waals surface area contributed by atoms with E-state index in [4.69, 9.17) is 26.3 Å². The van der Waals surface area contributed by atoms with Gasteiger partial charge in [0.25, 0.3) is 0 Å². The van der Waals surface area contributed by atoms with Gasteiger partial charge in [-0.2, -0.15) is 0 Å². The van der Waals surface area contributed by atoms with E-state index in [9.17, 15) is 9.18 Å². The van der Waals surface area contributed by atoms with Crippen LogP contribution >= 0.6 is 11.6 Å². The second kappa shape index (κ2) is 10.2. The van der Waals surface area contributed by atoms with E-state index in [2.05, 4.69) is 41.4 Å². The van der Waals surface area contributed by atoms with Crippen molar-refractivity contribution in [1.82, 2.24) is 14.9 Å². The molecule has 0 spiro atoms. The van der Waals surface area contributed by atoms with Gasteiger partial charge < -0.3 is 19.9 Å². The number of aryl methyl sites for hydroxylation is 1. The van der Waals surface area contributed by atoms with Gasteiger partial charge in [0, 0.05) is 43.7 Å². The molecule has 1 N–H and O–H groups in total. The number of nitrogens with one attached hydrogen (secondary N) is 1. The van der Waals surface area contributed by atoms with Crippen molar-refractivity contribution in [2.75, 3.05) is 43.1 Å². The Hall–Kier alpha value is -3.23. The lowest BCUT2D eigenvalue weighted by molar-refractivity contribution is 0.122. The summed E-state index contributed by atoms with van der Waals surface area (Å²) in [6.07, 6.45) is 1.29. The summed E-state index contributed by atoms with van der Waals surface area (Å²) in [5.41, 5.74) is 4.78. The smallest absolute Gasteiger partial charge is 0.322 e. The zero-order valence-corrected chi connectivity index (χ0v) is 20.3. The van der Waals surface area contributed by atoms with Gasteiger partial charge in [-0.15, -0.1) is 0 Å². The fraction of sp³-hybridized carbons (Fsp3) is 0.346. The molecule has 1 saturated heterocycles. The normalized spacial score (nSPS) is 15.6. The third-order valence-corrected chi connectivity index (χ3v) is 6.59. The average Bonchev–Trinajstić information content (AvgIpc) is 2.86. The van der Waals surface area contributed by atoms with Gasteiger partial charge in [0.15, 0.2) is 0 Å². The van der Waals surface area contributed by atoms with Gasteiger partial charge in [0.1, 0.15) is 17.5 Å². The van der Waals surface area contributed by atoms with Crippen LogP contribution in [0, 0.1) is 12.7 Å². The maximum atomic E-state index is 13.5. The summed E-state index contributed by atoms with van der Waals surface area (Å²) in [4.78, 5) is 26.8. The van der Waals surface area contributed by atoms with E-state index in [0.29, 0.717) is 44.8 Å². The Morgan fingerprint density at radius 3 is 2.74 bits per heavy atom. The topological polar surface area (TPSA) is 70.6 Å². The molecule has 0 atom stereocenters. The van der Waals surface area contributed by atoms with Gasteiger partial charge in [-0.1, -0.05) is 41.4 Å². The lowest BCUT2D eigenvalue weighted by Crippen LogP contribution is -2.42. The van der Waals surface area contributed by atoms with Crippen molar-refractivity contribution in [1.29, 1.82) is 0 Å². The third-order valence-electron chi connectivity index (χ3n) is 6.30. The van der Waals surface area contributed by atoms with E-state index in [1.54, 1.807) is 4.90 Å². The van der Waals surface area contributed by atoms with Crippen LogP contribution in [0.3, 0.4) is 0 Å². The van der Waals surface area contributed by atoms with Crippen molar-refractivity contribution < 1.29 is 13.9 Å². The third kappa shape index (κ3) is 5.39. The SMILES string of the molecule is Cc1cccc(Cc2nc3c(c(N4CCOCC4)n2)CN(C(=O)Nc2ccc(F)c(Cl)c2)CC3)c1. The van der Waals surface area contributed by atoms with Crippen LogP contribution in [0.15, 0.2) is 42.5 Å². The Bertz CT molecular complexity index is 1250. The van der Waals surface area contributed by atoms with Crippen molar-refractivity contribution in [3.05, 3.63) is 81.5 Å². The lowest BCUT2D eigenvalue weighted by atomic mass is 10.0. The van der Waals surface area contributed by atoms with Crippen molar-refractivity contribution in [3.8, 4) is 0 Å². The molecule has 3 heterocycles. The lowest BCUT2D eigenvalue weighted by Gasteiger charge is -2.34. The summed E-state index contributed by atoms with van der Waals surface area (Å²) in [7, 11) is 0. The molecule has 9 heteroatoms. The highest BCUT2D eigenvalue weighted by molar-refractivity contribution is 6.31. The van der Waals surface area contributed by atoms with E-state index in [1.807, 2.05) is 0 Å². The summed E-state index contributed by atoms with van der Waals surface area (Å²) in [5, 5.41) is 2.79. The summed E-state index contributed by atoms with van der Waals surface area (Å²) in [5.74, 6) is 1.14. The molecule has 1 aromatic heterocycles. The largest absolute Gasteiger partial charge is 0.378 e. The molecule has 0 unspecified atom stereocenters. The summed E-state index contributed by atoms with van der Waals surface area (Å²) < 4.78 is 19.0. The average molecular weight is 496 g/mol. The zero-order chi connectivity index (χ0) is 24.4.